The second kappa shape index (κ2) is 4.53. The SMILES string of the molecule is COc1[c]cc(-c2cccc3ccccc23)cc1. The molecule has 0 aliphatic carbocycles. The van der Waals surface area contributed by atoms with Crippen LogP contribution in [0.2, 0.25) is 0 Å². The molecule has 0 N–H and O–H groups in total. The molecule has 18 heavy (non-hydrogen) atoms. The Morgan fingerprint density at radius 2 is 1.72 bits per heavy atom. The van der Waals surface area contributed by atoms with Gasteiger partial charge in [0.15, 0.2) is 0 Å². The van der Waals surface area contributed by atoms with E-state index in [4.69, 9.17) is 4.74 Å². The molecular formula is C17H13O. The van der Waals surface area contributed by atoms with Crippen molar-refractivity contribution in [2.75, 3.05) is 7.11 Å². The van der Waals surface area contributed by atoms with Gasteiger partial charge in [0, 0.05) is 6.07 Å². The van der Waals surface area contributed by atoms with E-state index in [0.717, 1.165) is 11.3 Å². The number of hydrogen-bond acceptors (Lipinski definition) is 1. The van der Waals surface area contributed by atoms with E-state index in [2.05, 4.69) is 54.6 Å². The molecule has 0 fully saturated rings. The molecule has 3 aromatic rings. The number of ether oxygens (including phenoxy) is 1. The van der Waals surface area contributed by atoms with E-state index in [-0.39, 0.29) is 0 Å². The minimum atomic E-state index is 0.763. The number of rotatable bonds is 2. The molecule has 0 saturated heterocycles. The Morgan fingerprint density at radius 3 is 2.50 bits per heavy atom. The third-order valence-corrected chi connectivity index (χ3v) is 3.10. The van der Waals surface area contributed by atoms with Gasteiger partial charge in [-0.05, 0) is 34.0 Å². The first-order valence-corrected chi connectivity index (χ1v) is 5.92. The highest BCUT2D eigenvalue weighted by molar-refractivity contribution is 5.96. The lowest BCUT2D eigenvalue weighted by molar-refractivity contribution is 0.414. The van der Waals surface area contributed by atoms with Crippen LogP contribution in [0.25, 0.3) is 21.9 Å². The molecule has 1 heteroatoms. The Kier molecular flexibility index (Phi) is 2.73. The Balaban J connectivity index is 2.18. The first-order chi connectivity index (χ1) is 8.88. The van der Waals surface area contributed by atoms with Gasteiger partial charge in [0.2, 0.25) is 0 Å². The molecule has 0 unspecified atom stereocenters. The van der Waals surface area contributed by atoms with Crippen LogP contribution in [-0.2, 0) is 0 Å². The van der Waals surface area contributed by atoms with Crippen molar-refractivity contribution < 1.29 is 4.74 Å². The van der Waals surface area contributed by atoms with Crippen LogP contribution in [0.3, 0.4) is 0 Å². The molecule has 0 aliphatic heterocycles. The molecule has 3 rings (SSSR count). The highest BCUT2D eigenvalue weighted by Gasteiger charge is 2.03. The van der Waals surface area contributed by atoms with E-state index in [1.54, 1.807) is 7.11 Å². The van der Waals surface area contributed by atoms with Gasteiger partial charge in [-0.1, -0.05) is 48.5 Å². The Hall–Kier alpha value is -2.28. The van der Waals surface area contributed by atoms with Gasteiger partial charge in [-0.3, -0.25) is 0 Å². The zero-order valence-corrected chi connectivity index (χ0v) is 10.2. The second-order valence-corrected chi connectivity index (χ2v) is 4.17. The molecular weight excluding hydrogens is 220 g/mol. The molecule has 87 valence electrons. The first-order valence-electron chi connectivity index (χ1n) is 5.92. The number of hydrogen-bond donors (Lipinski definition) is 0. The second-order valence-electron chi connectivity index (χ2n) is 4.17. The summed E-state index contributed by atoms with van der Waals surface area (Å²) in [5.41, 5.74) is 2.39. The highest BCUT2D eigenvalue weighted by Crippen LogP contribution is 2.29. The summed E-state index contributed by atoms with van der Waals surface area (Å²) in [6.07, 6.45) is 0. The minimum absolute atomic E-state index is 0.763. The molecule has 0 aromatic heterocycles. The predicted octanol–water partition coefficient (Wildman–Crippen LogP) is 4.32. The molecule has 0 spiro atoms. The molecule has 0 saturated carbocycles. The fraction of sp³-hybridized carbons (Fsp3) is 0.0588. The topological polar surface area (TPSA) is 9.23 Å². The van der Waals surface area contributed by atoms with Crippen molar-refractivity contribution in [3.05, 3.63) is 66.7 Å². The van der Waals surface area contributed by atoms with Crippen molar-refractivity contribution in [1.82, 2.24) is 0 Å². The summed E-state index contributed by atoms with van der Waals surface area (Å²) in [5, 5.41) is 2.52. The largest absolute Gasteiger partial charge is 0.496 e. The molecule has 0 atom stereocenters. The van der Waals surface area contributed by atoms with Crippen LogP contribution < -0.4 is 4.74 Å². The standard InChI is InChI=1S/C17H13O/c1-18-15-11-9-14(10-12-15)17-8-4-6-13-5-2-3-7-16(13)17/h2-11H,1H3. The van der Waals surface area contributed by atoms with Crippen LogP contribution in [0.5, 0.6) is 5.75 Å². The van der Waals surface area contributed by atoms with Crippen molar-refractivity contribution in [3.63, 3.8) is 0 Å². The van der Waals surface area contributed by atoms with Gasteiger partial charge in [0.25, 0.3) is 0 Å². The summed E-state index contributed by atoms with van der Waals surface area (Å²) in [7, 11) is 1.66. The molecule has 3 aromatic carbocycles. The maximum atomic E-state index is 5.14. The summed E-state index contributed by atoms with van der Waals surface area (Å²) < 4.78 is 5.14. The fourth-order valence-corrected chi connectivity index (χ4v) is 2.18. The Bertz CT molecular complexity index is 663. The monoisotopic (exact) mass is 233 g/mol. The fourth-order valence-electron chi connectivity index (χ4n) is 2.18. The van der Waals surface area contributed by atoms with Gasteiger partial charge in [-0.2, -0.15) is 0 Å². The smallest absolute Gasteiger partial charge is 0.126 e. The van der Waals surface area contributed by atoms with Crippen molar-refractivity contribution in [2.24, 2.45) is 0 Å². The zero-order chi connectivity index (χ0) is 12.4. The van der Waals surface area contributed by atoms with Gasteiger partial charge in [0.05, 0.1) is 7.11 Å². The first kappa shape index (κ1) is 10.8. The summed E-state index contributed by atoms with van der Waals surface area (Å²) in [6, 6.07) is 23.9. The minimum Gasteiger partial charge on any atom is -0.496 e. The zero-order valence-electron chi connectivity index (χ0n) is 10.2. The van der Waals surface area contributed by atoms with Crippen LogP contribution in [0, 0.1) is 6.07 Å². The van der Waals surface area contributed by atoms with Gasteiger partial charge in [0.1, 0.15) is 5.75 Å². The van der Waals surface area contributed by atoms with E-state index in [0.29, 0.717) is 0 Å². The van der Waals surface area contributed by atoms with E-state index >= 15 is 0 Å². The van der Waals surface area contributed by atoms with Crippen LogP contribution in [0.15, 0.2) is 60.7 Å². The van der Waals surface area contributed by atoms with E-state index in [9.17, 15) is 0 Å². The molecule has 0 amide bonds. The maximum absolute atomic E-state index is 5.14. The van der Waals surface area contributed by atoms with E-state index in [1.165, 1.54) is 16.3 Å². The summed E-state index contributed by atoms with van der Waals surface area (Å²) in [4.78, 5) is 0. The third kappa shape index (κ3) is 1.84. The maximum Gasteiger partial charge on any atom is 0.126 e. The molecule has 0 aliphatic rings. The predicted molar refractivity (Wildman–Crippen MR) is 74.8 cm³/mol. The average molecular weight is 233 g/mol. The summed E-state index contributed by atoms with van der Waals surface area (Å²) >= 11 is 0. The van der Waals surface area contributed by atoms with Gasteiger partial charge in [-0.15, -0.1) is 0 Å². The van der Waals surface area contributed by atoms with Crippen molar-refractivity contribution in [3.8, 4) is 16.9 Å². The van der Waals surface area contributed by atoms with Crippen LogP contribution in [-0.4, -0.2) is 7.11 Å². The van der Waals surface area contributed by atoms with Crippen LogP contribution in [0.4, 0.5) is 0 Å². The van der Waals surface area contributed by atoms with Gasteiger partial charge in [-0.25, -0.2) is 0 Å². The molecule has 1 nitrogen and oxygen atoms in total. The molecule has 0 bridgehead atoms. The average Bonchev–Trinajstić information content (AvgIpc) is 2.47. The quantitative estimate of drug-likeness (QED) is 0.640. The Morgan fingerprint density at radius 1 is 0.889 bits per heavy atom. The van der Waals surface area contributed by atoms with Crippen molar-refractivity contribution in [1.29, 1.82) is 0 Å². The lowest BCUT2D eigenvalue weighted by atomic mass is 9.98. The number of fused-ring (bicyclic) bond motifs is 1. The molecule has 0 heterocycles. The normalized spacial score (nSPS) is 10.5. The van der Waals surface area contributed by atoms with E-state index in [1.807, 2.05) is 12.1 Å². The van der Waals surface area contributed by atoms with Gasteiger partial charge >= 0.3 is 0 Å². The number of methoxy groups -OCH3 is 1. The number of benzene rings is 3. The Labute approximate surface area is 107 Å². The highest BCUT2D eigenvalue weighted by atomic mass is 16.5. The summed E-state index contributed by atoms with van der Waals surface area (Å²) in [6.45, 7) is 0. The summed E-state index contributed by atoms with van der Waals surface area (Å²) in [5.74, 6) is 0.763. The third-order valence-electron chi connectivity index (χ3n) is 3.10. The van der Waals surface area contributed by atoms with Crippen molar-refractivity contribution >= 4 is 10.8 Å². The van der Waals surface area contributed by atoms with Gasteiger partial charge < -0.3 is 4.74 Å². The lowest BCUT2D eigenvalue weighted by Crippen LogP contribution is -1.84. The molecule has 1 radical (unpaired) electrons. The van der Waals surface area contributed by atoms with Crippen molar-refractivity contribution in [2.45, 2.75) is 0 Å². The van der Waals surface area contributed by atoms with E-state index < -0.39 is 0 Å². The lowest BCUT2D eigenvalue weighted by Gasteiger charge is -2.07. The van der Waals surface area contributed by atoms with Crippen LogP contribution in [0.1, 0.15) is 0 Å². The van der Waals surface area contributed by atoms with Crippen LogP contribution >= 0.6 is 0 Å².